The second-order valence-electron chi connectivity index (χ2n) is 7.18. The molecule has 0 saturated carbocycles. The molecule has 1 saturated heterocycles. The Balaban J connectivity index is 1.81. The van der Waals surface area contributed by atoms with Crippen LogP contribution in [0.3, 0.4) is 0 Å². The lowest BCUT2D eigenvalue weighted by Crippen LogP contribution is -2.51. The predicted octanol–water partition coefficient (Wildman–Crippen LogP) is 5.27. The Hall–Kier alpha value is -1.55. The molecule has 0 N–H and O–H groups in total. The molecule has 0 aliphatic carbocycles. The van der Waals surface area contributed by atoms with Crippen LogP contribution in [0, 0.1) is 5.92 Å². The maximum atomic E-state index is 12.5. The SMILES string of the molecule is CCC(C)C(=O)N1CCN(C(c2ccc(Cl)cc2)c2ccc(Cl)cc2)CC1. The van der Waals surface area contributed by atoms with Crippen LogP contribution in [0.25, 0.3) is 0 Å². The van der Waals surface area contributed by atoms with Gasteiger partial charge in [0.1, 0.15) is 0 Å². The molecule has 0 aromatic heterocycles. The van der Waals surface area contributed by atoms with Gasteiger partial charge in [-0.3, -0.25) is 9.69 Å². The third-order valence-corrected chi connectivity index (χ3v) is 5.90. The highest BCUT2D eigenvalue weighted by Crippen LogP contribution is 2.31. The van der Waals surface area contributed by atoms with Crippen LogP contribution in [0.2, 0.25) is 10.0 Å². The minimum atomic E-state index is 0.0971. The summed E-state index contributed by atoms with van der Waals surface area (Å²) >= 11 is 12.2. The fraction of sp³-hybridized carbons (Fsp3) is 0.409. The molecule has 1 aliphatic rings. The number of rotatable bonds is 5. The van der Waals surface area contributed by atoms with E-state index in [9.17, 15) is 4.79 Å². The molecule has 2 aromatic carbocycles. The molecule has 1 amide bonds. The minimum absolute atomic E-state index is 0.0971. The van der Waals surface area contributed by atoms with Gasteiger partial charge in [0.15, 0.2) is 0 Å². The van der Waals surface area contributed by atoms with Gasteiger partial charge in [-0.25, -0.2) is 0 Å². The van der Waals surface area contributed by atoms with Gasteiger partial charge in [0, 0.05) is 42.1 Å². The molecular formula is C22H26Cl2N2O. The first-order valence-corrected chi connectivity index (χ1v) is 10.3. The van der Waals surface area contributed by atoms with Crippen LogP contribution in [0.15, 0.2) is 48.5 Å². The van der Waals surface area contributed by atoms with Crippen LogP contribution < -0.4 is 0 Å². The average Bonchev–Trinajstić information content (AvgIpc) is 2.70. The largest absolute Gasteiger partial charge is 0.340 e. The van der Waals surface area contributed by atoms with E-state index in [0.717, 1.165) is 42.6 Å². The topological polar surface area (TPSA) is 23.6 Å². The Kier molecular flexibility index (Phi) is 6.80. The third-order valence-electron chi connectivity index (χ3n) is 5.40. The Morgan fingerprint density at radius 3 is 1.74 bits per heavy atom. The van der Waals surface area contributed by atoms with E-state index < -0.39 is 0 Å². The molecule has 0 radical (unpaired) electrons. The van der Waals surface area contributed by atoms with Crippen LogP contribution >= 0.6 is 23.2 Å². The average molecular weight is 405 g/mol. The lowest BCUT2D eigenvalue weighted by molar-refractivity contribution is -0.137. The molecular weight excluding hydrogens is 379 g/mol. The Morgan fingerprint density at radius 2 is 1.33 bits per heavy atom. The Labute approximate surface area is 171 Å². The molecule has 2 aromatic rings. The van der Waals surface area contributed by atoms with Crippen LogP contribution in [-0.4, -0.2) is 41.9 Å². The second-order valence-corrected chi connectivity index (χ2v) is 8.05. The normalized spacial score (nSPS) is 16.6. The molecule has 0 spiro atoms. The minimum Gasteiger partial charge on any atom is -0.340 e. The van der Waals surface area contributed by atoms with Gasteiger partial charge < -0.3 is 4.90 Å². The van der Waals surface area contributed by atoms with Gasteiger partial charge in [0.2, 0.25) is 5.91 Å². The van der Waals surface area contributed by atoms with Crippen molar-refractivity contribution in [2.75, 3.05) is 26.2 Å². The van der Waals surface area contributed by atoms with Gasteiger partial charge in [-0.15, -0.1) is 0 Å². The predicted molar refractivity (Wildman–Crippen MR) is 112 cm³/mol. The van der Waals surface area contributed by atoms with Gasteiger partial charge in [0.25, 0.3) is 0 Å². The van der Waals surface area contributed by atoms with Gasteiger partial charge in [-0.2, -0.15) is 0 Å². The lowest BCUT2D eigenvalue weighted by Gasteiger charge is -2.40. The number of carbonyl (C=O) groups is 1. The monoisotopic (exact) mass is 404 g/mol. The highest BCUT2D eigenvalue weighted by atomic mass is 35.5. The molecule has 144 valence electrons. The molecule has 1 aliphatic heterocycles. The molecule has 1 unspecified atom stereocenters. The number of hydrogen-bond donors (Lipinski definition) is 0. The van der Waals surface area contributed by atoms with E-state index in [2.05, 4.69) is 36.1 Å². The standard InChI is InChI=1S/C22H26Cl2N2O/c1-3-16(2)22(27)26-14-12-25(13-15-26)21(17-4-8-19(23)9-5-17)18-6-10-20(24)11-7-18/h4-11,16,21H,3,12-15H2,1-2H3. The van der Waals surface area contributed by atoms with E-state index in [0.29, 0.717) is 0 Å². The highest BCUT2D eigenvalue weighted by molar-refractivity contribution is 6.30. The third kappa shape index (κ3) is 4.84. The summed E-state index contributed by atoms with van der Waals surface area (Å²) in [5.74, 6) is 0.367. The summed E-state index contributed by atoms with van der Waals surface area (Å²) in [6.45, 7) is 7.30. The summed E-state index contributed by atoms with van der Waals surface area (Å²) in [5.41, 5.74) is 2.40. The van der Waals surface area contributed by atoms with Gasteiger partial charge in [0.05, 0.1) is 6.04 Å². The van der Waals surface area contributed by atoms with Crippen molar-refractivity contribution in [3.63, 3.8) is 0 Å². The van der Waals surface area contributed by atoms with Crippen molar-refractivity contribution in [2.45, 2.75) is 26.3 Å². The first-order valence-electron chi connectivity index (χ1n) is 9.53. The van der Waals surface area contributed by atoms with Crippen LogP contribution in [-0.2, 0) is 4.79 Å². The first-order chi connectivity index (χ1) is 13.0. The number of carbonyl (C=O) groups excluding carboxylic acids is 1. The van der Waals surface area contributed by atoms with E-state index in [-0.39, 0.29) is 17.9 Å². The number of benzene rings is 2. The summed E-state index contributed by atoms with van der Waals surface area (Å²) in [6.07, 6.45) is 0.886. The van der Waals surface area contributed by atoms with Crippen molar-refractivity contribution in [1.29, 1.82) is 0 Å². The second kappa shape index (κ2) is 9.09. The van der Waals surface area contributed by atoms with Gasteiger partial charge in [-0.05, 0) is 41.8 Å². The molecule has 0 bridgehead atoms. The molecule has 1 fully saturated rings. The Morgan fingerprint density at radius 1 is 0.889 bits per heavy atom. The zero-order chi connectivity index (χ0) is 19.4. The van der Waals surface area contributed by atoms with E-state index in [1.54, 1.807) is 0 Å². The molecule has 3 nitrogen and oxygen atoms in total. The van der Waals surface area contributed by atoms with Crippen LogP contribution in [0.4, 0.5) is 0 Å². The van der Waals surface area contributed by atoms with Crippen molar-refractivity contribution in [2.24, 2.45) is 5.92 Å². The van der Waals surface area contributed by atoms with Gasteiger partial charge >= 0.3 is 0 Å². The quantitative estimate of drug-likeness (QED) is 0.676. The molecule has 1 heterocycles. The number of hydrogen-bond acceptors (Lipinski definition) is 2. The van der Waals surface area contributed by atoms with Crippen molar-refractivity contribution >= 4 is 29.1 Å². The van der Waals surface area contributed by atoms with E-state index >= 15 is 0 Å². The number of piperazine rings is 1. The summed E-state index contributed by atoms with van der Waals surface area (Å²) in [6, 6.07) is 16.2. The molecule has 5 heteroatoms. The maximum absolute atomic E-state index is 12.5. The zero-order valence-corrected chi connectivity index (χ0v) is 17.4. The summed E-state index contributed by atoms with van der Waals surface area (Å²) in [7, 11) is 0. The zero-order valence-electron chi connectivity index (χ0n) is 15.9. The van der Waals surface area contributed by atoms with Crippen molar-refractivity contribution < 1.29 is 4.79 Å². The van der Waals surface area contributed by atoms with Crippen LogP contribution in [0.5, 0.6) is 0 Å². The van der Waals surface area contributed by atoms with E-state index in [1.807, 2.05) is 36.1 Å². The smallest absolute Gasteiger partial charge is 0.225 e. The lowest BCUT2D eigenvalue weighted by atomic mass is 9.96. The van der Waals surface area contributed by atoms with E-state index in [4.69, 9.17) is 23.2 Å². The summed E-state index contributed by atoms with van der Waals surface area (Å²) in [5, 5.41) is 1.47. The number of nitrogens with zero attached hydrogens (tertiary/aromatic N) is 2. The van der Waals surface area contributed by atoms with Crippen molar-refractivity contribution in [3.8, 4) is 0 Å². The fourth-order valence-electron chi connectivity index (χ4n) is 3.59. The van der Waals surface area contributed by atoms with Crippen LogP contribution in [0.1, 0.15) is 37.4 Å². The highest BCUT2D eigenvalue weighted by Gasteiger charge is 2.29. The maximum Gasteiger partial charge on any atom is 0.225 e. The van der Waals surface area contributed by atoms with Gasteiger partial charge in [-0.1, -0.05) is 61.3 Å². The fourth-order valence-corrected chi connectivity index (χ4v) is 3.84. The first kappa shape index (κ1) is 20.2. The molecule has 27 heavy (non-hydrogen) atoms. The molecule has 3 rings (SSSR count). The Bertz CT molecular complexity index is 707. The summed E-state index contributed by atoms with van der Waals surface area (Å²) < 4.78 is 0. The number of amides is 1. The molecule has 1 atom stereocenters. The summed E-state index contributed by atoms with van der Waals surface area (Å²) in [4.78, 5) is 16.9. The van der Waals surface area contributed by atoms with Crippen molar-refractivity contribution in [1.82, 2.24) is 9.80 Å². The number of halogens is 2. The van der Waals surface area contributed by atoms with E-state index in [1.165, 1.54) is 11.1 Å². The van der Waals surface area contributed by atoms with Crippen molar-refractivity contribution in [3.05, 3.63) is 69.7 Å².